The van der Waals surface area contributed by atoms with Gasteiger partial charge in [0.05, 0.1) is 0 Å². The van der Waals surface area contributed by atoms with Gasteiger partial charge < -0.3 is 5.73 Å². The number of thioether (sulfide) groups is 1. The van der Waals surface area contributed by atoms with Crippen molar-refractivity contribution in [3.8, 4) is 0 Å². The molecule has 2 N–H and O–H groups in total. The molecule has 1 aliphatic heterocycles. The highest BCUT2D eigenvalue weighted by Gasteiger charge is 2.52. The van der Waals surface area contributed by atoms with Crippen LogP contribution in [-0.2, 0) is 0 Å². The Labute approximate surface area is 60.4 Å². The zero-order valence-electron chi connectivity index (χ0n) is 5.55. The number of fused-ring (bicyclic) bond motifs is 1. The Morgan fingerprint density at radius 2 is 2.44 bits per heavy atom. The summed E-state index contributed by atoms with van der Waals surface area (Å²) in [5.41, 5.74) is 5.46. The maximum absolute atomic E-state index is 5.46. The normalized spacial score (nSPS) is 47.0. The lowest BCUT2D eigenvalue weighted by molar-refractivity contribution is 0.640. The van der Waals surface area contributed by atoms with Crippen LogP contribution in [0.15, 0.2) is 0 Å². The number of hydrogen-bond acceptors (Lipinski definition) is 2. The van der Waals surface area contributed by atoms with Gasteiger partial charge in [-0.25, -0.2) is 0 Å². The van der Waals surface area contributed by atoms with Gasteiger partial charge in [0.2, 0.25) is 0 Å². The van der Waals surface area contributed by atoms with Gasteiger partial charge >= 0.3 is 0 Å². The SMILES string of the molecule is NCCC1[C@H]2CCS[C@@H]12. The second-order valence-electron chi connectivity index (χ2n) is 3.03. The largest absolute Gasteiger partial charge is 0.330 e. The highest BCUT2D eigenvalue weighted by molar-refractivity contribution is 8.00. The van der Waals surface area contributed by atoms with Crippen LogP contribution in [0.3, 0.4) is 0 Å². The van der Waals surface area contributed by atoms with Crippen molar-refractivity contribution in [2.24, 2.45) is 17.6 Å². The van der Waals surface area contributed by atoms with Crippen molar-refractivity contribution in [3.05, 3.63) is 0 Å². The zero-order chi connectivity index (χ0) is 6.27. The molecule has 0 aromatic heterocycles. The van der Waals surface area contributed by atoms with Crippen molar-refractivity contribution in [1.82, 2.24) is 0 Å². The molecule has 1 aliphatic carbocycles. The molecule has 0 radical (unpaired) electrons. The van der Waals surface area contributed by atoms with E-state index in [-0.39, 0.29) is 0 Å². The van der Waals surface area contributed by atoms with Crippen molar-refractivity contribution in [2.75, 3.05) is 12.3 Å². The Morgan fingerprint density at radius 3 is 3.00 bits per heavy atom. The van der Waals surface area contributed by atoms with E-state index in [2.05, 4.69) is 11.8 Å². The summed E-state index contributed by atoms with van der Waals surface area (Å²) in [7, 11) is 0. The van der Waals surface area contributed by atoms with Crippen LogP contribution in [0.4, 0.5) is 0 Å². The summed E-state index contributed by atoms with van der Waals surface area (Å²) in [6.07, 6.45) is 2.75. The zero-order valence-corrected chi connectivity index (χ0v) is 6.36. The Balaban J connectivity index is 1.81. The monoisotopic (exact) mass is 143 g/mol. The van der Waals surface area contributed by atoms with Crippen LogP contribution in [0.2, 0.25) is 0 Å². The lowest BCUT2D eigenvalue weighted by atomic mass is 10.2. The third-order valence-corrected chi connectivity index (χ3v) is 4.07. The smallest absolute Gasteiger partial charge is 0.0110 e. The molecule has 1 saturated carbocycles. The van der Waals surface area contributed by atoms with Gasteiger partial charge in [-0.05, 0) is 37.0 Å². The first-order valence-corrected chi connectivity index (χ1v) is 4.80. The van der Waals surface area contributed by atoms with Crippen molar-refractivity contribution >= 4 is 11.8 Å². The van der Waals surface area contributed by atoms with Crippen molar-refractivity contribution < 1.29 is 0 Å². The van der Waals surface area contributed by atoms with Gasteiger partial charge in [-0.1, -0.05) is 0 Å². The Hall–Kier alpha value is 0.310. The topological polar surface area (TPSA) is 26.0 Å². The van der Waals surface area contributed by atoms with Crippen LogP contribution < -0.4 is 5.73 Å². The molecule has 0 aromatic rings. The van der Waals surface area contributed by atoms with E-state index in [0.717, 1.165) is 23.6 Å². The molecule has 2 heteroatoms. The predicted molar refractivity (Wildman–Crippen MR) is 41.5 cm³/mol. The molecule has 9 heavy (non-hydrogen) atoms. The molecule has 2 rings (SSSR count). The quantitative estimate of drug-likeness (QED) is 0.626. The van der Waals surface area contributed by atoms with Crippen LogP contribution in [0.1, 0.15) is 12.8 Å². The minimum Gasteiger partial charge on any atom is -0.330 e. The van der Waals surface area contributed by atoms with Gasteiger partial charge in [0.15, 0.2) is 0 Å². The molecular formula is C7H13NS. The van der Waals surface area contributed by atoms with Gasteiger partial charge in [-0.3, -0.25) is 0 Å². The van der Waals surface area contributed by atoms with E-state index >= 15 is 0 Å². The lowest BCUT2D eigenvalue weighted by Gasteiger charge is -1.97. The van der Waals surface area contributed by atoms with E-state index < -0.39 is 0 Å². The maximum Gasteiger partial charge on any atom is 0.0110 e. The maximum atomic E-state index is 5.46. The number of nitrogens with two attached hydrogens (primary N) is 1. The molecule has 1 nitrogen and oxygen atoms in total. The third kappa shape index (κ3) is 0.887. The van der Waals surface area contributed by atoms with E-state index in [1.807, 2.05) is 0 Å². The summed E-state index contributed by atoms with van der Waals surface area (Å²) in [6, 6.07) is 0. The van der Waals surface area contributed by atoms with Crippen LogP contribution in [-0.4, -0.2) is 17.5 Å². The first kappa shape index (κ1) is 6.05. The molecule has 0 spiro atoms. The minimum atomic E-state index is 0.901. The van der Waals surface area contributed by atoms with Crippen LogP contribution in [0, 0.1) is 11.8 Å². The van der Waals surface area contributed by atoms with Gasteiger partial charge in [0.1, 0.15) is 0 Å². The Bertz CT molecular complexity index is 105. The number of rotatable bonds is 2. The van der Waals surface area contributed by atoms with E-state index in [9.17, 15) is 0 Å². The fraction of sp³-hybridized carbons (Fsp3) is 1.00. The van der Waals surface area contributed by atoms with E-state index in [4.69, 9.17) is 5.73 Å². The van der Waals surface area contributed by atoms with Gasteiger partial charge in [-0.2, -0.15) is 11.8 Å². The van der Waals surface area contributed by atoms with E-state index in [1.165, 1.54) is 18.6 Å². The van der Waals surface area contributed by atoms with Gasteiger partial charge in [0, 0.05) is 5.25 Å². The highest BCUT2D eigenvalue weighted by atomic mass is 32.2. The molecule has 0 amide bonds. The molecule has 3 atom stereocenters. The second-order valence-corrected chi connectivity index (χ2v) is 4.32. The van der Waals surface area contributed by atoms with E-state index in [1.54, 1.807) is 0 Å². The second kappa shape index (κ2) is 2.17. The molecule has 2 fully saturated rings. The van der Waals surface area contributed by atoms with Crippen molar-refractivity contribution in [2.45, 2.75) is 18.1 Å². The summed E-state index contributed by atoms with van der Waals surface area (Å²) in [5, 5.41) is 1.04. The van der Waals surface area contributed by atoms with Crippen LogP contribution in [0.5, 0.6) is 0 Å². The predicted octanol–water partition coefficient (Wildman–Crippen LogP) is 1.09. The first-order chi connectivity index (χ1) is 4.43. The number of hydrogen-bond donors (Lipinski definition) is 1. The molecule has 2 aliphatic rings. The summed E-state index contributed by atoms with van der Waals surface area (Å²) < 4.78 is 0. The van der Waals surface area contributed by atoms with Crippen molar-refractivity contribution in [1.29, 1.82) is 0 Å². The Kier molecular flexibility index (Phi) is 1.46. The summed E-state index contributed by atoms with van der Waals surface area (Å²) >= 11 is 2.16. The van der Waals surface area contributed by atoms with Crippen LogP contribution in [0.25, 0.3) is 0 Å². The molecule has 0 aromatic carbocycles. The average Bonchev–Trinajstić information content (AvgIpc) is 2.39. The van der Waals surface area contributed by atoms with E-state index in [0.29, 0.717) is 0 Å². The fourth-order valence-corrected chi connectivity index (χ4v) is 3.71. The third-order valence-electron chi connectivity index (χ3n) is 2.51. The van der Waals surface area contributed by atoms with Gasteiger partial charge in [-0.15, -0.1) is 0 Å². The molecule has 1 unspecified atom stereocenters. The summed E-state index contributed by atoms with van der Waals surface area (Å²) in [5.74, 6) is 3.52. The summed E-state index contributed by atoms with van der Waals surface area (Å²) in [6.45, 7) is 0.901. The average molecular weight is 143 g/mol. The van der Waals surface area contributed by atoms with Crippen molar-refractivity contribution in [3.63, 3.8) is 0 Å². The lowest BCUT2D eigenvalue weighted by Crippen LogP contribution is -2.02. The molecule has 0 bridgehead atoms. The molecule has 1 saturated heterocycles. The Morgan fingerprint density at radius 1 is 1.56 bits per heavy atom. The first-order valence-electron chi connectivity index (χ1n) is 3.75. The fourth-order valence-electron chi connectivity index (χ4n) is 1.95. The van der Waals surface area contributed by atoms with Gasteiger partial charge in [0.25, 0.3) is 0 Å². The summed E-state index contributed by atoms with van der Waals surface area (Å²) in [4.78, 5) is 0. The highest BCUT2D eigenvalue weighted by Crippen LogP contribution is 2.57. The minimum absolute atomic E-state index is 0.901. The van der Waals surface area contributed by atoms with Crippen LogP contribution >= 0.6 is 11.8 Å². The molecular weight excluding hydrogens is 130 g/mol. The molecule has 52 valence electrons. The standard InChI is InChI=1S/C7H13NS/c8-3-1-5-6-2-4-9-7(5)6/h5-7H,1-4,8H2/t5?,6-,7+/m1/s1. The molecule has 1 heterocycles.